The van der Waals surface area contributed by atoms with Crippen molar-refractivity contribution in [3.8, 4) is 0 Å². The maximum Gasteiger partial charge on any atom is 0.0285 e. The van der Waals surface area contributed by atoms with Crippen molar-refractivity contribution in [2.45, 2.75) is 37.0 Å². The number of nitrogens with zero attached hydrogens (tertiary/aromatic N) is 1. The lowest BCUT2D eigenvalue weighted by Gasteiger charge is -2.36. The highest BCUT2D eigenvalue weighted by Crippen LogP contribution is 2.47. The largest absolute Gasteiger partial charge is 0.326 e. The third-order valence-corrected chi connectivity index (χ3v) is 5.26. The van der Waals surface area contributed by atoms with Crippen LogP contribution in [0.2, 0.25) is 0 Å². The van der Waals surface area contributed by atoms with Gasteiger partial charge < -0.3 is 10.6 Å². The van der Waals surface area contributed by atoms with Crippen molar-refractivity contribution in [2.24, 2.45) is 11.7 Å². The summed E-state index contributed by atoms with van der Waals surface area (Å²) in [7, 11) is 0. The van der Waals surface area contributed by atoms with Gasteiger partial charge in [0.05, 0.1) is 0 Å². The molecule has 1 heterocycles. The van der Waals surface area contributed by atoms with Gasteiger partial charge in [0.1, 0.15) is 0 Å². The topological polar surface area (TPSA) is 29.3 Å². The Hall–Kier alpha value is 0.270. The lowest BCUT2D eigenvalue weighted by molar-refractivity contribution is 0.167. The summed E-state index contributed by atoms with van der Waals surface area (Å²) < 4.78 is 0.611. The van der Waals surface area contributed by atoms with E-state index < -0.39 is 0 Å². The van der Waals surface area contributed by atoms with Crippen LogP contribution in [0.3, 0.4) is 0 Å². The molecule has 1 saturated carbocycles. The second-order valence-corrected chi connectivity index (χ2v) is 6.33. The second-order valence-electron chi connectivity index (χ2n) is 5.05. The second kappa shape index (κ2) is 4.03. The van der Waals surface area contributed by atoms with Crippen LogP contribution in [-0.2, 0) is 0 Å². The first-order valence-corrected chi connectivity index (χ1v) is 6.91. The van der Waals surface area contributed by atoms with Crippen molar-refractivity contribution < 1.29 is 0 Å². The van der Waals surface area contributed by atoms with Crippen LogP contribution in [-0.4, -0.2) is 41.6 Å². The Morgan fingerprint density at radius 2 is 2.21 bits per heavy atom. The molecule has 1 aliphatic carbocycles. The number of hydrogen-bond acceptors (Lipinski definition) is 3. The van der Waals surface area contributed by atoms with E-state index in [9.17, 15) is 0 Å². The van der Waals surface area contributed by atoms with E-state index in [1.807, 2.05) is 0 Å². The molecule has 2 N–H and O–H groups in total. The standard InChI is InChI=1S/C11H22N2S/c1-9-3-6-13(7-10(9)12)8-11(14-2)4-5-11/h9-10H,3-8,12H2,1-2H3. The molecular formula is C11H22N2S. The Morgan fingerprint density at radius 3 is 2.71 bits per heavy atom. The van der Waals surface area contributed by atoms with Gasteiger partial charge in [-0.25, -0.2) is 0 Å². The molecule has 2 rings (SSSR count). The predicted molar refractivity (Wildman–Crippen MR) is 63.7 cm³/mol. The van der Waals surface area contributed by atoms with Crippen LogP contribution in [0.4, 0.5) is 0 Å². The first kappa shape index (κ1) is 10.8. The van der Waals surface area contributed by atoms with Gasteiger partial charge in [0.25, 0.3) is 0 Å². The Balaban J connectivity index is 1.82. The molecule has 14 heavy (non-hydrogen) atoms. The van der Waals surface area contributed by atoms with Gasteiger partial charge in [-0.2, -0.15) is 11.8 Å². The minimum Gasteiger partial charge on any atom is -0.326 e. The highest BCUT2D eigenvalue weighted by molar-refractivity contribution is 8.00. The van der Waals surface area contributed by atoms with E-state index in [-0.39, 0.29) is 0 Å². The summed E-state index contributed by atoms with van der Waals surface area (Å²) in [6.07, 6.45) is 6.36. The lowest BCUT2D eigenvalue weighted by Crippen LogP contribution is -2.49. The maximum absolute atomic E-state index is 6.10. The van der Waals surface area contributed by atoms with Crippen LogP contribution < -0.4 is 5.73 Å². The van der Waals surface area contributed by atoms with Gasteiger partial charge in [-0.15, -0.1) is 0 Å². The molecule has 0 bridgehead atoms. The van der Waals surface area contributed by atoms with Crippen molar-refractivity contribution >= 4 is 11.8 Å². The number of hydrogen-bond donors (Lipinski definition) is 1. The van der Waals surface area contributed by atoms with Crippen molar-refractivity contribution in [3.05, 3.63) is 0 Å². The smallest absolute Gasteiger partial charge is 0.0285 e. The first-order chi connectivity index (χ1) is 6.65. The molecule has 2 aliphatic rings. The van der Waals surface area contributed by atoms with Gasteiger partial charge >= 0.3 is 0 Å². The zero-order chi connectivity index (χ0) is 10.2. The molecule has 2 nitrogen and oxygen atoms in total. The van der Waals surface area contributed by atoms with Crippen LogP contribution in [0.5, 0.6) is 0 Å². The SMILES string of the molecule is CSC1(CN2CCC(C)C(N)C2)CC1. The molecule has 3 heteroatoms. The summed E-state index contributed by atoms with van der Waals surface area (Å²) >= 11 is 2.05. The van der Waals surface area contributed by atoms with E-state index in [4.69, 9.17) is 5.73 Å². The number of piperidine rings is 1. The quantitative estimate of drug-likeness (QED) is 0.773. The molecule has 82 valence electrons. The predicted octanol–water partition coefficient (Wildman–Crippen LogP) is 1.55. The summed E-state index contributed by atoms with van der Waals surface area (Å²) in [5, 5.41) is 0. The number of thioether (sulfide) groups is 1. The molecule has 1 saturated heterocycles. The fourth-order valence-corrected chi connectivity index (χ4v) is 3.11. The minimum atomic E-state index is 0.404. The lowest BCUT2D eigenvalue weighted by atomic mass is 9.94. The van der Waals surface area contributed by atoms with Gasteiger partial charge in [-0.1, -0.05) is 6.92 Å². The Morgan fingerprint density at radius 1 is 1.50 bits per heavy atom. The van der Waals surface area contributed by atoms with E-state index in [1.165, 1.54) is 32.4 Å². The normalized spacial score (nSPS) is 37.1. The van der Waals surface area contributed by atoms with Gasteiger partial charge in [-0.05, 0) is 38.0 Å². The summed E-state index contributed by atoms with van der Waals surface area (Å²) in [4.78, 5) is 2.58. The molecule has 2 fully saturated rings. The first-order valence-electron chi connectivity index (χ1n) is 5.68. The molecule has 0 aromatic carbocycles. The van der Waals surface area contributed by atoms with E-state index in [0.717, 1.165) is 12.5 Å². The van der Waals surface area contributed by atoms with E-state index in [2.05, 4.69) is 29.8 Å². The van der Waals surface area contributed by atoms with E-state index in [0.29, 0.717) is 10.8 Å². The van der Waals surface area contributed by atoms with Crippen molar-refractivity contribution in [3.63, 3.8) is 0 Å². The van der Waals surface area contributed by atoms with Gasteiger partial charge in [-0.3, -0.25) is 0 Å². The van der Waals surface area contributed by atoms with Gasteiger partial charge in [0.2, 0.25) is 0 Å². The van der Waals surface area contributed by atoms with Crippen LogP contribution in [0.15, 0.2) is 0 Å². The molecule has 2 atom stereocenters. The van der Waals surface area contributed by atoms with Crippen LogP contribution in [0.1, 0.15) is 26.2 Å². The molecular weight excluding hydrogens is 192 g/mol. The summed E-state index contributed by atoms with van der Waals surface area (Å²) in [6.45, 7) is 5.93. The zero-order valence-corrected chi connectivity index (χ0v) is 10.1. The molecule has 1 aliphatic heterocycles. The van der Waals surface area contributed by atoms with Gasteiger partial charge in [0, 0.05) is 23.9 Å². The highest BCUT2D eigenvalue weighted by Gasteiger charge is 2.43. The Bertz CT molecular complexity index is 203. The van der Waals surface area contributed by atoms with Crippen LogP contribution >= 0.6 is 11.8 Å². The minimum absolute atomic E-state index is 0.404. The Labute approximate surface area is 91.6 Å². The van der Waals surface area contributed by atoms with E-state index in [1.54, 1.807) is 0 Å². The van der Waals surface area contributed by atoms with E-state index >= 15 is 0 Å². The fourth-order valence-electron chi connectivity index (χ4n) is 2.29. The summed E-state index contributed by atoms with van der Waals surface area (Å²) in [6, 6.07) is 0.404. The third kappa shape index (κ3) is 2.26. The molecule has 0 amide bonds. The van der Waals surface area contributed by atoms with Crippen molar-refractivity contribution in [2.75, 3.05) is 25.9 Å². The van der Waals surface area contributed by atoms with Crippen LogP contribution in [0, 0.1) is 5.92 Å². The summed E-state index contributed by atoms with van der Waals surface area (Å²) in [5.41, 5.74) is 6.10. The maximum atomic E-state index is 6.10. The molecule has 0 radical (unpaired) electrons. The zero-order valence-electron chi connectivity index (χ0n) is 9.33. The number of rotatable bonds is 3. The average Bonchev–Trinajstić information content (AvgIpc) is 2.93. The molecule has 0 aromatic heterocycles. The number of nitrogens with two attached hydrogens (primary N) is 1. The molecule has 2 unspecified atom stereocenters. The number of likely N-dealkylation sites (tertiary alicyclic amines) is 1. The molecule has 0 spiro atoms. The highest BCUT2D eigenvalue weighted by atomic mass is 32.2. The van der Waals surface area contributed by atoms with Crippen LogP contribution in [0.25, 0.3) is 0 Å². The average molecular weight is 214 g/mol. The van der Waals surface area contributed by atoms with Crippen molar-refractivity contribution in [1.82, 2.24) is 4.90 Å². The van der Waals surface area contributed by atoms with Gasteiger partial charge in [0.15, 0.2) is 0 Å². The Kier molecular flexibility index (Phi) is 3.10. The fraction of sp³-hybridized carbons (Fsp3) is 1.00. The summed E-state index contributed by atoms with van der Waals surface area (Å²) in [5.74, 6) is 0.718. The van der Waals surface area contributed by atoms with Crippen molar-refractivity contribution in [1.29, 1.82) is 0 Å². The monoisotopic (exact) mass is 214 g/mol. The molecule has 0 aromatic rings. The third-order valence-electron chi connectivity index (χ3n) is 3.85.